The largest absolute Gasteiger partial charge is 0.497 e. The number of nitro groups is 1. The van der Waals surface area contributed by atoms with Gasteiger partial charge in [0, 0.05) is 41.2 Å². The molecule has 0 amide bonds. The van der Waals surface area contributed by atoms with E-state index in [9.17, 15) is 10.1 Å². The third-order valence-electron chi connectivity index (χ3n) is 6.34. The van der Waals surface area contributed by atoms with Gasteiger partial charge in [-0.1, -0.05) is 18.5 Å². The number of hydrogen-bond donors (Lipinski definition) is 0. The Kier molecular flexibility index (Phi) is 7.38. The predicted octanol–water partition coefficient (Wildman–Crippen LogP) is 5.78. The Bertz CT molecular complexity index is 1190. The lowest BCUT2D eigenvalue weighted by atomic mass is 9.97. The van der Waals surface area contributed by atoms with Gasteiger partial charge in [-0.2, -0.15) is 0 Å². The van der Waals surface area contributed by atoms with Crippen LogP contribution in [-0.2, 0) is 11.3 Å². The molecular weight excluding hydrogens is 458 g/mol. The van der Waals surface area contributed by atoms with Crippen LogP contribution < -0.4 is 14.4 Å². The quantitative estimate of drug-likeness (QED) is 0.295. The summed E-state index contributed by atoms with van der Waals surface area (Å²) in [5, 5.41) is 13.3. The molecule has 1 aromatic heterocycles. The van der Waals surface area contributed by atoms with Crippen molar-refractivity contribution in [1.82, 2.24) is 4.98 Å². The van der Waals surface area contributed by atoms with Crippen molar-refractivity contribution in [2.24, 2.45) is 0 Å². The van der Waals surface area contributed by atoms with Crippen molar-refractivity contribution in [2.75, 3.05) is 25.7 Å². The Morgan fingerprint density at radius 1 is 1.24 bits per heavy atom. The van der Waals surface area contributed by atoms with Gasteiger partial charge >= 0.3 is 5.69 Å². The second kappa shape index (κ2) is 10.4. The minimum Gasteiger partial charge on any atom is -0.497 e. The minimum absolute atomic E-state index is 0.0220. The highest BCUT2D eigenvalue weighted by Gasteiger charge is 2.33. The number of ether oxygens (including phenoxy) is 3. The van der Waals surface area contributed by atoms with E-state index in [-0.39, 0.29) is 22.8 Å². The predicted molar refractivity (Wildman–Crippen MR) is 132 cm³/mol. The molecule has 180 valence electrons. The maximum Gasteiger partial charge on any atom is 0.311 e. The average Bonchev–Trinajstić information content (AvgIpc) is 2.86. The van der Waals surface area contributed by atoms with E-state index >= 15 is 0 Å². The Morgan fingerprint density at radius 2 is 2.06 bits per heavy atom. The molecule has 0 unspecified atom stereocenters. The zero-order valence-electron chi connectivity index (χ0n) is 19.5. The van der Waals surface area contributed by atoms with Crippen LogP contribution in [0.1, 0.15) is 31.7 Å². The summed E-state index contributed by atoms with van der Waals surface area (Å²) in [6.45, 7) is 3.09. The number of fused-ring (bicyclic) bond motifs is 1. The van der Waals surface area contributed by atoms with E-state index in [2.05, 4.69) is 16.8 Å². The number of aromatic nitrogens is 1. The van der Waals surface area contributed by atoms with E-state index in [0.29, 0.717) is 46.3 Å². The van der Waals surface area contributed by atoms with Gasteiger partial charge in [-0.15, -0.1) is 0 Å². The van der Waals surface area contributed by atoms with Crippen LogP contribution in [0.4, 0.5) is 11.4 Å². The summed E-state index contributed by atoms with van der Waals surface area (Å²) >= 11 is 6.33. The van der Waals surface area contributed by atoms with Gasteiger partial charge in [0.2, 0.25) is 0 Å². The number of pyridine rings is 1. The molecule has 2 aromatic carbocycles. The Labute approximate surface area is 203 Å². The van der Waals surface area contributed by atoms with Crippen molar-refractivity contribution in [2.45, 2.75) is 44.9 Å². The normalized spacial score (nSPS) is 18.0. The van der Waals surface area contributed by atoms with Crippen LogP contribution >= 0.6 is 11.6 Å². The van der Waals surface area contributed by atoms with Gasteiger partial charge in [0.25, 0.3) is 0 Å². The van der Waals surface area contributed by atoms with Gasteiger partial charge in [0.05, 0.1) is 30.8 Å². The van der Waals surface area contributed by atoms with E-state index in [1.165, 1.54) is 6.20 Å². The Balaban J connectivity index is 1.90. The molecule has 1 fully saturated rings. The van der Waals surface area contributed by atoms with Gasteiger partial charge in [0.15, 0.2) is 0 Å². The Hall–Kier alpha value is -3.10. The highest BCUT2D eigenvalue weighted by atomic mass is 35.5. The lowest BCUT2D eigenvalue weighted by Crippen LogP contribution is -2.42. The van der Waals surface area contributed by atoms with Crippen LogP contribution in [-0.4, -0.2) is 42.9 Å². The van der Waals surface area contributed by atoms with Crippen molar-refractivity contribution >= 4 is 33.9 Å². The molecule has 9 heteroatoms. The highest BCUT2D eigenvalue weighted by Crippen LogP contribution is 2.41. The first kappa shape index (κ1) is 24.0. The topological polar surface area (TPSA) is 87.0 Å². The first-order valence-electron chi connectivity index (χ1n) is 11.3. The molecule has 2 atom stereocenters. The number of methoxy groups -OCH3 is 2. The van der Waals surface area contributed by atoms with E-state index in [4.69, 9.17) is 25.8 Å². The molecule has 0 aliphatic carbocycles. The first-order chi connectivity index (χ1) is 16.4. The molecule has 2 heterocycles. The summed E-state index contributed by atoms with van der Waals surface area (Å²) in [5.74, 6) is 1.33. The van der Waals surface area contributed by atoms with Crippen LogP contribution in [0.25, 0.3) is 10.9 Å². The van der Waals surface area contributed by atoms with E-state index < -0.39 is 0 Å². The van der Waals surface area contributed by atoms with Crippen LogP contribution in [0.3, 0.4) is 0 Å². The van der Waals surface area contributed by atoms with Gasteiger partial charge in [-0.05, 0) is 49.6 Å². The maximum absolute atomic E-state index is 12.2. The van der Waals surface area contributed by atoms with Crippen molar-refractivity contribution in [3.63, 3.8) is 0 Å². The van der Waals surface area contributed by atoms with Crippen molar-refractivity contribution in [3.05, 3.63) is 63.3 Å². The number of hydrogen-bond acceptors (Lipinski definition) is 7. The molecule has 0 saturated carbocycles. The third kappa shape index (κ3) is 4.88. The number of benzene rings is 2. The molecule has 0 spiro atoms. The minimum atomic E-state index is -0.377. The van der Waals surface area contributed by atoms with Crippen LogP contribution in [0.2, 0.25) is 5.02 Å². The molecule has 34 heavy (non-hydrogen) atoms. The molecule has 1 aliphatic rings. The molecule has 8 nitrogen and oxygen atoms in total. The molecule has 0 N–H and O–H groups in total. The van der Waals surface area contributed by atoms with Gasteiger partial charge in [-0.25, -0.2) is 4.98 Å². The van der Waals surface area contributed by atoms with Gasteiger partial charge < -0.3 is 19.1 Å². The zero-order chi connectivity index (χ0) is 24.2. The fourth-order valence-corrected chi connectivity index (χ4v) is 4.73. The van der Waals surface area contributed by atoms with Gasteiger partial charge in [0.1, 0.15) is 23.4 Å². The molecule has 0 radical (unpaired) electrons. The lowest BCUT2D eigenvalue weighted by Gasteiger charge is -2.39. The second-order valence-electron chi connectivity index (χ2n) is 8.30. The number of nitrogens with zero attached hydrogens (tertiary/aromatic N) is 3. The average molecular weight is 486 g/mol. The molecule has 1 saturated heterocycles. The zero-order valence-corrected chi connectivity index (χ0v) is 20.2. The summed E-state index contributed by atoms with van der Waals surface area (Å²) < 4.78 is 16.9. The fraction of sp³-hybridized carbons (Fsp3) is 0.400. The summed E-state index contributed by atoms with van der Waals surface area (Å²) in [7, 11) is 3.21. The number of anilines is 1. The summed E-state index contributed by atoms with van der Waals surface area (Å²) in [4.78, 5) is 18.2. The summed E-state index contributed by atoms with van der Waals surface area (Å²) in [6, 6.07) is 10.9. The molecule has 4 rings (SSSR count). The molecule has 1 aliphatic heterocycles. The van der Waals surface area contributed by atoms with E-state index in [0.717, 1.165) is 24.8 Å². The van der Waals surface area contributed by atoms with Crippen LogP contribution in [0, 0.1) is 10.1 Å². The summed E-state index contributed by atoms with van der Waals surface area (Å²) in [6.07, 6.45) is 3.81. The van der Waals surface area contributed by atoms with Crippen LogP contribution in [0.5, 0.6) is 11.5 Å². The van der Waals surface area contributed by atoms with Crippen LogP contribution in [0.15, 0.2) is 42.6 Å². The van der Waals surface area contributed by atoms with Crippen molar-refractivity contribution < 1.29 is 19.1 Å². The molecular formula is C25H28ClN3O5. The summed E-state index contributed by atoms with van der Waals surface area (Å²) in [5.41, 5.74) is 2.00. The van der Waals surface area contributed by atoms with Crippen molar-refractivity contribution in [1.29, 1.82) is 0 Å². The SMILES string of the molecule is CC[C@@H]1C[C@H](N(Cc2ccc(OC)cc2OC)c2c([N+](=O)[O-])cnc3ccc(Cl)cc23)CCO1. The standard InChI is InChI=1S/C25H28ClN3O5/c1-4-19-12-18(9-10-34-19)28(15-16-5-7-20(32-2)13-24(16)33-3)25-21-11-17(26)6-8-22(21)27-14-23(25)29(30)31/h5-8,11,13-14,18-19H,4,9-10,12,15H2,1-3H3/t18-,19-/m1/s1. The lowest BCUT2D eigenvalue weighted by molar-refractivity contribution is -0.384. The first-order valence-corrected chi connectivity index (χ1v) is 11.6. The third-order valence-corrected chi connectivity index (χ3v) is 6.57. The molecule has 3 aromatic rings. The Morgan fingerprint density at radius 3 is 2.76 bits per heavy atom. The molecule has 0 bridgehead atoms. The fourth-order valence-electron chi connectivity index (χ4n) is 4.56. The maximum atomic E-state index is 12.2. The monoisotopic (exact) mass is 485 g/mol. The van der Waals surface area contributed by atoms with Gasteiger partial charge in [-0.3, -0.25) is 10.1 Å². The highest BCUT2D eigenvalue weighted by molar-refractivity contribution is 6.31. The number of rotatable bonds is 8. The number of halogens is 1. The van der Waals surface area contributed by atoms with E-state index in [1.54, 1.807) is 32.4 Å². The second-order valence-corrected chi connectivity index (χ2v) is 8.73. The smallest absolute Gasteiger partial charge is 0.311 e. The van der Waals surface area contributed by atoms with Crippen molar-refractivity contribution in [3.8, 4) is 11.5 Å². The van der Waals surface area contributed by atoms with E-state index in [1.807, 2.05) is 18.2 Å².